The summed E-state index contributed by atoms with van der Waals surface area (Å²) in [7, 11) is 1.89. The van der Waals surface area contributed by atoms with Crippen LogP contribution >= 0.6 is 22.6 Å². The summed E-state index contributed by atoms with van der Waals surface area (Å²) in [5.41, 5.74) is 1.12. The van der Waals surface area contributed by atoms with Gasteiger partial charge in [0.2, 0.25) is 0 Å². The third-order valence-electron chi connectivity index (χ3n) is 2.50. The Morgan fingerprint density at radius 3 is 2.62 bits per heavy atom. The van der Waals surface area contributed by atoms with E-state index in [0.29, 0.717) is 12.2 Å². The maximum absolute atomic E-state index is 10.0. The largest absolute Gasteiger partial charge is 0.385 e. The third-order valence-corrected chi connectivity index (χ3v) is 3.22. The van der Waals surface area contributed by atoms with Gasteiger partial charge in [-0.15, -0.1) is 0 Å². The number of nitrogens with zero attached hydrogens (tertiary/aromatic N) is 2. The molecule has 0 amide bonds. The van der Waals surface area contributed by atoms with Crippen molar-refractivity contribution >= 4 is 22.6 Å². The zero-order valence-corrected chi connectivity index (χ0v) is 11.1. The van der Waals surface area contributed by atoms with Crippen LogP contribution in [0.4, 0.5) is 0 Å². The van der Waals surface area contributed by atoms with Gasteiger partial charge in [0.05, 0.1) is 0 Å². The quantitative estimate of drug-likeness (QED) is 0.878. The molecule has 0 aliphatic carbocycles. The number of imidazole rings is 1. The molecule has 2 rings (SSSR count). The fourth-order valence-corrected chi connectivity index (χ4v) is 1.99. The highest BCUT2D eigenvalue weighted by Gasteiger charge is 2.12. The number of halogens is 1. The lowest BCUT2D eigenvalue weighted by atomic mass is 10.1. The van der Waals surface area contributed by atoms with E-state index < -0.39 is 6.10 Å². The molecule has 0 fully saturated rings. The average Bonchev–Trinajstić information content (AvgIpc) is 2.68. The first-order chi connectivity index (χ1) is 7.66. The van der Waals surface area contributed by atoms with Crippen molar-refractivity contribution in [3.63, 3.8) is 0 Å². The number of aliphatic hydroxyl groups is 1. The Hall–Kier alpha value is -0.880. The molecule has 4 heteroatoms. The van der Waals surface area contributed by atoms with Crippen LogP contribution in [0.3, 0.4) is 0 Å². The zero-order valence-electron chi connectivity index (χ0n) is 8.97. The molecular formula is C12H13IN2O. The Balaban J connectivity index is 2.10. The maximum atomic E-state index is 10.0. The van der Waals surface area contributed by atoms with Crippen LogP contribution in [-0.2, 0) is 13.5 Å². The molecule has 0 spiro atoms. The van der Waals surface area contributed by atoms with Crippen molar-refractivity contribution in [2.75, 3.05) is 0 Å². The van der Waals surface area contributed by atoms with Gasteiger partial charge >= 0.3 is 0 Å². The minimum atomic E-state index is -0.542. The van der Waals surface area contributed by atoms with Crippen molar-refractivity contribution in [2.24, 2.45) is 7.05 Å². The zero-order chi connectivity index (χ0) is 11.5. The van der Waals surface area contributed by atoms with Crippen LogP contribution in [0.1, 0.15) is 17.5 Å². The van der Waals surface area contributed by atoms with Crippen LogP contribution in [-0.4, -0.2) is 14.7 Å². The second-order valence-electron chi connectivity index (χ2n) is 3.74. The summed E-state index contributed by atoms with van der Waals surface area (Å²) in [6.45, 7) is 0. The highest BCUT2D eigenvalue weighted by molar-refractivity contribution is 14.1. The number of rotatable bonds is 3. The number of aromatic nitrogens is 2. The second-order valence-corrected chi connectivity index (χ2v) is 4.99. The molecule has 0 saturated carbocycles. The number of aliphatic hydroxyl groups excluding tert-OH is 1. The van der Waals surface area contributed by atoms with Gasteiger partial charge in [-0.2, -0.15) is 0 Å². The summed E-state index contributed by atoms with van der Waals surface area (Å²) in [6, 6.07) is 8.16. The van der Waals surface area contributed by atoms with Gasteiger partial charge in [-0.25, -0.2) is 4.98 Å². The summed E-state index contributed by atoms with van der Waals surface area (Å²) < 4.78 is 3.05. The van der Waals surface area contributed by atoms with E-state index in [1.807, 2.05) is 42.1 Å². The summed E-state index contributed by atoms with van der Waals surface area (Å²) in [5.74, 6) is 0.707. The summed E-state index contributed by atoms with van der Waals surface area (Å²) in [5, 5.41) is 10.0. The van der Waals surface area contributed by atoms with Crippen molar-refractivity contribution in [3.05, 3.63) is 51.6 Å². The maximum Gasteiger partial charge on any atom is 0.137 e. The fourth-order valence-electron chi connectivity index (χ4n) is 1.63. The molecule has 1 unspecified atom stereocenters. The number of aryl methyl sites for hydroxylation is 1. The van der Waals surface area contributed by atoms with Crippen LogP contribution < -0.4 is 0 Å². The highest BCUT2D eigenvalue weighted by atomic mass is 127. The molecule has 0 radical (unpaired) electrons. The molecule has 2 aromatic rings. The first kappa shape index (κ1) is 11.6. The Morgan fingerprint density at radius 2 is 2.06 bits per heavy atom. The van der Waals surface area contributed by atoms with Crippen molar-refractivity contribution in [3.8, 4) is 0 Å². The molecule has 0 saturated heterocycles. The molecule has 1 aromatic carbocycles. The summed E-state index contributed by atoms with van der Waals surface area (Å²) in [4.78, 5) is 4.14. The molecule has 1 aromatic heterocycles. The third kappa shape index (κ3) is 2.62. The van der Waals surface area contributed by atoms with E-state index in [2.05, 4.69) is 27.6 Å². The van der Waals surface area contributed by atoms with Gasteiger partial charge in [0.1, 0.15) is 11.9 Å². The first-order valence-corrected chi connectivity index (χ1v) is 6.14. The van der Waals surface area contributed by atoms with E-state index in [1.165, 1.54) is 3.57 Å². The molecule has 1 atom stereocenters. The van der Waals surface area contributed by atoms with Gasteiger partial charge < -0.3 is 9.67 Å². The molecule has 0 bridgehead atoms. The molecule has 0 aliphatic rings. The van der Waals surface area contributed by atoms with Crippen LogP contribution in [0.5, 0.6) is 0 Å². The molecule has 1 N–H and O–H groups in total. The average molecular weight is 328 g/mol. The van der Waals surface area contributed by atoms with Gasteiger partial charge in [0.15, 0.2) is 0 Å². The highest BCUT2D eigenvalue weighted by Crippen LogP contribution is 2.17. The van der Waals surface area contributed by atoms with Crippen molar-refractivity contribution in [2.45, 2.75) is 12.5 Å². The lowest BCUT2D eigenvalue weighted by Gasteiger charge is -2.10. The Kier molecular flexibility index (Phi) is 3.60. The van der Waals surface area contributed by atoms with E-state index >= 15 is 0 Å². The molecule has 1 heterocycles. The SMILES string of the molecule is Cn1ccnc1C(O)Cc1ccc(I)cc1. The molecule has 16 heavy (non-hydrogen) atoms. The van der Waals surface area contributed by atoms with Gasteiger partial charge in [-0.05, 0) is 40.3 Å². The summed E-state index contributed by atoms with van der Waals surface area (Å²) >= 11 is 2.27. The predicted molar refractivity (Wildman–Crippen MR) is 71.0 cm³/mol. The lowest BCUT2D eigenvalue weighted by Crippen LogP contribution is -2.08. The van der Waals surface area contributed by atoms with Crippen LogP contribution in [0, 0.1) is 3.57 Å². The van der Waals surface area contributed by atoms with E-state index in [-0.39, 0.29) is 0 Å². The standard InChI is InChI=1S/C12H13IN2O/c1-15-7-6-14-12(15)11(16)8-9-2-4-10(13)5-3-9/h2-7,11,16H,8H2,1H3. The van der Waals surface area contributed by atoms with Gasteiger partial charge in [0, 0.05) is 29.4 Å². The smallest absolute Gasteiger partial charge is 0.137 e. The van der Waals surface area contributed by atoms with Crippen molar-refractivity contribution in [1.29, 1.82) is 0 Å². The predicted octanol–water partition coefficient (Wildman–Crippen LogP) is 2.30. The van der Waals surface area contributed by atoms with E-state index in [9.17, 15) is 5.11 Å². The van der Waals surface area contributed by atoms with E-state index in [1.54, 1.807) is 6.20 Å². The van der Waals surface area contributed by atoms with Crippen molar-refractivity contribution in [1.82, 2.24) is 9.55 Å². The topological polar surface area (TPSA) is 38.0 Å². The lowest BCUT2D eigenvalue weighted by molar-refractivity contribution is 0.165. The van der Waals surface area contributed by atoms with Crippen LogP contribution in [0.15, 0.2) is 36.7 Å². The molecule has 84 valence electrons. The molecule has 3 nitrogen and oxygen atoms in total. The minimum Gasteiger partial charge on any atom is -0.385 e. The number of hydrogen-bond donors (Lipinski definition) is 1. The van der Waals surface area contributed by atoms with Crippen molar-refractivity contribution < 1.29 is 5.11 Å². The van der Waals surface area contributed by atoms with E-state index in [4.69, 9.17) is 0 Å². The summed E-state index contributed by atoms with van der Waals surface area (Å²) in [6.07, 6.45) is 3.60. The van der Waals surface area contributed by atoms with Crippen LogP contribution in [0.25, 0.3) is 0 Å². The fraction of sp³-hybridized carbons (Fsp3) is 0.250. The molecule has 0 aliphatic heterocycles. The Labute approximate surface area is 108 Å². The number of hydrogen-bond acceptors (Lipinski definition) is 2. The monoisotopic (exact) mass is 328 g/mol. The normalized spacial score (nSPS) is 12.7. The Bertz CT molecular complexity index is 464. The Morgan fingerprint density at radius 1 is 1.38 bits per heavy atom. The minimum absolute atomic E-state index is 0.542. The molecular weight excluding hydrogens is 315 g/mol. The van der Waals surface area contributed by atoms with E-state index in [0.717, 1.165) is 5.56 Å². The van der Waals surface area contributed by atoms with Gasteiger partial charge in [-0.3, -0.25) is 0 Å². The van der Waals surface area contributed by atoms with Gasteiger partial charge in [0.25, 0.3) is 0 Å². The first-order valence-electron chi connectivity index (χ1n) is 5.06. The van der Waals surface area contributed by atoms with Crippen LogP contribution in [0.2, 0.25) is 0 Å². The number of benzene rings is 1. The van der Waals surface area contributed by atoms with Gasteiger partial charge in [-0.1, -0.05) is 12.1 Å². The second kappa shape index (κ2) is 4.97.